The summed E-state index contributed by atoms with van der Waals surface area (Å²) < 4.78 is 2.06. The Hall–Kier alpha value is -3.27. The number of aromatic nitrogens is 2. The molecular formula is C20H18N4. The van der Waals surface area contributed by atoms with Gasteiger partial charge >= 0.3 is 0 Å². The van der Waals surface area contributed by atoms with Crippen molar-refractivity contribution in [2.75, 3.05) is 11.5 Å². The van der Waals surface area contributed by atoms with Crippen LogP contribution in [-0.4, -0.2) is 9.55 Å². The second kappa shape index (κ2) is 5.42. The van der Waals surface area contributed by atoms with E-state index in [0.717, 1.165) is 44.7 Å². The minimum atomic E-state index is 0.759. The van der Waals surface area contributed by atoms with Crippen molar-refractivity contribution < 1.29 is 0 Å². The summed E-state index contributed by atoms with van der Waals surface area (Å²) in [5.74, 6) is 0. The molecule has 0 fully saturated rings. The van der Waals surface area contributed by atoms with E-state index in [1.807, 2.05) is 61.9 Å². The zero-order valence-corrected chi connectivity index (χ0v) is 13.4. The van der Waals surface area contributed by atoms with Gasteiger partial charge in [-0.2, -0.15) is 0 Å². The first-order chi connectivity index (χ1) is 11.6. The molecule has 0 radical (unpaired) electrons. The molecule has 0 saturated heterocycles. The van der Waals surface area contributed by atoms with E-state index in [9.17, 15) is 0 Å². The molecule has 4 aromatic rings. The molecule has 0 aliphatic heterocycles. The molecule has 4 heteroatoms. The van der Waals surface area contributed by atoms with E-state index >= 15 is 0 Å². The zero-order valence-electron chi connectivity index (χ0n) is 13.4. The minimum Gasteiger partial charge on any atom is -0.399 e. The molecule has 118 valence electrons. The highest BCUT2D eigenvalue weighted by molar-refractivity contribution is 6.01. The second-order valence-electron chi connectivity index (χ2n) is 5.96. The second-order valence-corrected chi connectivity index (χ2v) is 5.96. The summed E-state index contributed by atoms with van der Waals surface area (Å²) in [7, 11) is 2.02. The van der Waals surface area contributed by atoms with Crippen molar-refractivity contribution in [2.45, 2.75) is 0 Å². The molecule has 4 nitrogen and oxygen atoms in total. The number of imidazole rings is 1. The van der Waals surface area contributed by atoms with Crippen LogP contribution in [0.5, 0.6) is 0 Å². The number of nitrogens with two attached hydrogens (primary N) is 2. The summed E-state index contributed by atoms with van der Waals surface area (Å²) in [5.41, 5.74) is 19.7. The van der Waals surface area contributed by atoms with E-state index in [2.05, 4.69) is 21.7 Å². The van der Waals surface area contributed by atoms with Gasteiger partial charge in [0, 0.05) is 29.5 Å². The molecule has 0 atom stereocenters. The normalized spacial score (nSPS) is 11.0. The van der Waals surface area contributed by atoms with Crippen LogP contribution in [0.15, 0.2) is 67.0 Å². The van der Waals surface area contributed by atoms with Gasteiger partial charge in [-0.05, 0) is 35.4 Å². The van der Waals surface area contributed by atoms with Crippen LogP contribution in [0.4, 0.5) is 11.4 Å². The standard InChI is InChI=1S/C20H18N4/c1-24-12-23-19-17(13-2-6-15(21)7-3-13)10-11-18(20(19)24)14-4-8-16(22)9-5-14/h2-12H,21-22H2,1H3. The fourth-order valence-corrected chi connectivity index (χ4v) is 3.06. The summed E-state index contributed by atoms with van der Waals surface area (Å²) in [4.78, 5) is 4.63. The van der Waals surface area contributed by atoms with Crippen LogP contribution in [0.3, 0.4) is 0 Å². The Kier molecular flexibility index (Phi) is 3.24. The van der Waals surface area contributed by atoms with E-state index < -0.39 is 0 Å². The SMILES string of the molecule is Cn1cnc2c(-c3ccc(N)cc3)ccc(-c3ccc(N)cc3)c21. The number of anilines is 2. The number of rotatable bonds is 2. The summed E-state index contributed by atoms with van der Waals surface area (Å²) in [6, 6.07) is 20.1. The maximum atomic E-state index is 5.81. The van der Waals surface area contributed by atoms with Crippen LogP contribution in [0, 0.1) is 0 Å². The van der Waals surface area contributed by atoms with Crippen LogP contribution in [-0.2, 0) is 7.05 Å². The Morgan fingerprint density at radius 3 is 1.79 bits per heavy atom. The Morgan fingerprint density at radius 1 is 0.708 bits per heavy atom. The summed E-state index contributed by atoms with van der Waals surface area (Å²) in [6.07, 6.45) is 1.85. The minimum absolute atomic E-state index is 0.759. The van der Waals surface area contributed by atoms with E-state index in [0.29, 0.717) is 0 Å². The predicted octanol–water partition coefficient (Wildman–Crippen LogP) is 4.07. The molecule has 0 saturated carbocycles. The largest absolute Gasteiger partial charge is 0.399 e. The highest BCUT2D eigenvalue weighted by atomic mass is 15.0. The predicted molar refractivity (Wildman–Crippen MR) is 100 cm³/mol. The molecule has 24 heavy (non-hydrogen) atoms. The molecular weight excluding hydrogens is 296 g/mol. The first-order valence-electron chi connectivity index (χ1n) is 7.79. The van der Waals surface area contributed by atoms with Crippen LogP contribution >= 0.6 is 0 Å². The lowest BCUT2D eigenvalue weighted by molar-refractivity contribution is 0.948. The fraction of sp³-hybridized carbons (Fsp3) is 0.0500. The smallest absolute Gasteiger partial charge is 0.0969 e. The van der Waals surface area contributed by atoms with Crippen LogP contribution in [0.1, 0.15) is 0 Å². The van der Waals surface area contributed by atoms with E-state index in [1.165, 1.54) is 0 Å². The summed E-state index contributed by atoms with van der Waals surface area (Å²) in [6.45, 7) is 0. The molecule has 1 heterocycles. The topological polar surface area (TPSA) is 69.9 Å². The lowest BCUT2D eigenvalue weighted by atomic mass is 9.97. The van der Waals surface area contributed by atoms with Crippen molar-refractivity contribution >= 4 is 22.4 Å². The number of aryl methyl sites for hydroxylation is 1. The lowest BCUT2D eigenvalue weighted by Gasteiger charge is -2.10. The highest BCUT2D eigenvalue weighted by Gasteiger charge is 2.13. The van der Waals surface area contributed by atoms with Gasteiger partial charge in [-0.3, -0.25) is 0 Å². The molecule has 0 amide bonds. The summed E-state index contributed by atoms with van der Waals surface area (Å²) in [5, 5.41) is 0. The Labute approximate surface area is 140 Å². The van der Waals surface area contributed by atoms with Crippen molar-refractivity contribution in [1.29, 1.82) is 0 Å². The van der Waals surface area contributed by atoms with E-state index in [1.54, 1.807) is 0 Å². The van der Waals surface area contributed by atoms with Crippen molar-refractivity contribution in [1.82, 2.24) is 9.55 Å². The van der Waals surface area contributed by atoms with Crippen molar-refractivity contribution in [3.05, 3.63) is 67.0 Å². The molecule has 0 aliphatic carbocycles. The molecule has 0 unspecified atom stereocenters. The van der Waals surface area contributed by atoms with Crippen LogP contribution in [0.2, 0.25) is 0 Å². The maximum Gasteiger partial charge on any atom is 0.0969 e. The van der Waals surface area contributed by atoms with Crippen molar-refractivity contribution in [3.8, 4) is 22.3 Å². The Morgan fingerprint density at radius 2 is 1.21 bits per heavy atom. The number of benzene rings is 3. The molecule has 4 rings (SSSR count). The molecule has 3 aromatic carbocycles. The first-order valence-corrected chi connectivity index (χ1v) is 7.79. The molecule has 0 aliphatic rings. The monoisotopic (exact) mass is 314 g/mol. The van der Waals surface area contributed by atoms with Gasteiger partial charge in [0.05, 0.1) is 17.4 Å². The third kappa shape index (κ3) is 2.29. The van der Waals surface area contributed by atoms with Gasteiger partial charge in [0.2, 0.25) is 0 Å². The van der Waals surface area contributed by atoms with Crippen molar-refractivity contribution in [3.63, 3.8) is 0 Å². The van der Waals surface area contributed by atoms with Gasteiger partial charge in [-0.15, -0.1) is 0 Å². The maximum absolute atomic E-state index is 5.81. The van der Waals surface area contributed by atoms with Gasteiger partial charge < -0.3 is 16.0 Å². The van der Waals surface area contributed by atoms with Crippen molar-refractivity contribution in [2.24, 2.45) is 7.05 Å². The number of fused-ring (bicyclic) bond motifs is 1. The lowest BCUT2D eigenvalue weighted by Crippen LogP contribution is -1.91. The number of nitrogens with zero attached hydrogens (tertiary/aromatic N) is 2. The van der Waals surface area contributed by atoms with E-state index in [-0.39, 0.29) is 0 Å². The highest BCUT2D eigenvalue weighted by Crippen LogP contribution is 2.35. The molecule has 0 bridgehead atoms. The van der Waals surface area contributed by atoms with Gasteiger partial charge in [0.25, 0.3) is 0 Å². The van der Waals surface area contributed by atoms with Gasteiger partial charge in [0.15, 0.2) is 0 Å². The quantitative estimate of drug-likeness (QED) is 0.548. The van der Waals surface area contributed by atoms with Gasteiger partial charge in [-0.25, -0.2) is 4.98 Å². The number of hydrogen-bond acceptors (Lipinski definition) is 3. The molecule has 4 N–H and O–H groups in total. The van der Waals surface area contributed by atoms with Crippen LogP contribution in [0.25, 0.3) is 33.3 Å². The van der Waals surface area contributed by atoms with Crippen LogP contribution < -0.4 is 11.5 Å². The number of hydrogen-bond donors (Lipinski definition) is 2. The average Bonchev–Trinajstić information content (AvgIpc) is 2.98. The van der Waals surface area contributed by atoms with Gasteiger partial charge in [0.1, 0.15) is 0 Å². The Balaban J connectivity index is 1.96. The first kappa shape index (κ1) is 14.3. The molecule has 1 aromatic heterocycles. The summed E-state index contributed by atoms with van der Waals surface area (Å²) >= 11 is 0. The molecule has 0 spiro atoms. The van der Waals surface area contributed by atoms with E-state index in [4.69, 9.17) is 11.5 Å². The van der Waals surface area contributed by atoms with Gasteiger partial charge in [-0.1, -0.05) is 36.4 Å². The Bertz CT molecular complexity index is 1010. The number of nitrogen functional groups attached to an aromatic ring is 2. The fourth-order valence-electron chi connectivity index (χ4n) is 3.06. The zero-order chi connectivity index (χ0) is 16.7. The average molecular weight is 314 g/mol. The third-order valence-corrected chi connectivity index (χ3v) is 4.31. The third-order valence-electron chi connectivity index (χ3n) is 4.31.